The summed E-state index contributed by atoms with van der Waals surface area (Å²) in [6.07, 6.45) is 1.90. The van der Waals surface area contributed by atoms with E-state index in [9.17, 15) is 0 Å². The molecule has 0 aromatic rings. The van der Waals surface area contributed by atoms with E-state index >= 15 is 0 Å². The number of aliphatic hydroxyl groups is 1. The van der Waals surface area contributed by atoms with Gasteiger partial charge in [-0.15, -0.1) is 0 Å². The molecule has 0 radical (unpaired) electrons. The van der Waals surface area contributed by atoms with Crippen LogP contribution >= 0.6 is 0 Å². The first-order chi connectivity index (χ1) is 6.27. The predicted molar refractivity (Wildman–Crippen MR) is 54.8 cm³/mol. The van der Waals surface area contributed by atoms with Crippen LogP contribution in [-0.4, -0.2) is 38.0 Å². The molecule has 2 N–H and O–H groups in total. The minimum absolute atomic E-state index is 0.286. The Morgan fingerprint density at radius 1 is 1.38 bits per heavy atom. The fraction of sp³-hybridized carbons (Fsp3) is 0.800. The zero-order chi connectivity index (χ0) is 9.94. The molecular formula is C10H21NO2. The van der Waals surface area contributed by atoms with E-state index in [1.807, 2.05) is 6.92 Å². The van der Waals surface area contributed by atoms with Crippen LogP contribution in [0.1, 0.15) is 19.8 Å². The van der Waals surface area contributed by atoms with Gasteiger partial charge in [0, 0.05) is 13.2 Å². The van der Waals surface area contributed by atoms with Crippen molar-refractivity contribution in [1.82, 2.24) is 5.32 Å². The molecule has 3 nitrogen and oxygen atoms in total. The van der Waals surface area contributed by atoms with Gasteiger partial charge in [0.1, 0.15) is 0 Å². The second-order valence-corrected chi connectivity index (χ2v) is 3.19. The zero-order valence-corrected chi connectivity index (χ0v) is 8.51. The monoisotopic (exact) mass is 187 g/mol. The van der Waals surface area contributed by atoms with Crippen LogP contribution in [0.5, 0.6) is 0 Å². The summed E-state index contributed by atoms with van der Waals surface area (Å²) in [5, 5.41) is 11.7. The Kier molecular flexibility index (Phi) is 9.42. The van der Waals surface area contributed by atoms with Crippen LogP contribution in [0, 0.1) is 0 Å². The second kappa shape index (κ2) is 9.71. The summed E-state index contributed by atoms with van der Waals surface area (Å²) in [5.74, 6) is 0. The van der Waals surface area contributed by atoms with Crippen molar-refractivity contribution in [3.05, 3.63) is 12.2 Å². The molecule has 0 rings (SSSR count). The van der Waals surface area contributed by atoms with Crippen molar-refractivity contribution < 1.29 is 9.84 Å². The summed E-state index contributed by atoms with van der Waals surface area (Å²) in [5.41, 5.74) is 1.06. The molecule has 3 heteroatoms. The van der Waals surface area contributed by atoms with Crippen LogP contribution in [0.15, 0.2) is 12.2 Å². The van der Waals surface area contributed by atoms with E-state index in [0.29, 0.717) is 6.61 Å². The molecule has 0 heterocycles. The Labute approximate surface area is 80.8 Å². The zero-order valence-electron chi connectivity index (χ0n) is 8.51. The molecule has 0 aromatic carbocycles. The lowest BCUT2D eigenvalue weighted by molar-refractivity contribution is 0.158. The molecule has 13 heavy (non-hydrogen) atoms. The minimum atomic E-state index is 0.286. The quantitative estimate of drug-likeness (QED) is 0.417. The molecular weight excluding hydrogens is 166 g/mol. The molecule has 0 aliphatic heterocycles. The van der Waals surface area contributed by atoms with Crippen molar-refractivity contribution in [2.45, 2.75) is 19.8 Å². The number of nitrogens with one attached hydrogen (secondary N) is 1. The number of rotatable bonds is 9. The highest BCUT2D eigenvalue weighted by Crippen LogP contribution is 1.87. The van der Waals surface area contributed by atoms with E-state index < -0.39 is 0 Å². The van der Waals surface area contributed by atoms with E-state index in [-0.39, 0.29) is 6.61 Å². The standard InChI is InChI=1S/C10H21NO2/c1-10(2)9-13-8-6-11-5-3-4-7-12/h11-12H,1,3-9H2,2H3. The Morgan fingerprint density at radius 2 is 2.15 bits per heavy atom. The van der Waals surface area contributed by atoms with Crippen molar-refractivity contribution in [2.24, 2.45) is 0 Å². The lowest BCUT2D eigenvalue weighted by Gasteiger charge is -2.05. The molecule has 0 saturated carbocycles. The minimum Gasteiger partial charge on any atom is -0.396 e. The molecule has 0 aliphatic carbocycles. The molecule has 0 amide bonds. The van der Waals surface area contributed by atoms with Gasteiger partial charge in [0.05, 0.1) is 13.2 Å². The maximum atomic E-state index is 8.51. The predicted octanol–water partition coefficient (Wildman–Crippen LogP) is 0.941. The maximum absolute atomic E-state index is 8.51. The molecule has 0 aromatic heterocycles. The molecule has 0 saturated heterocycles. The summed E-state index contributed by atoms with van der Waals surface area (Å²) >= 11 is 0. The Morgan fingerprint density at radius 3 is 2.77 bits per heavy atom. The van der Waals surface area contributed by atoms with Gasteiger partial charge in [-0.05, 0) is 26.3 Å². The summed E-state index contributed by atoms with van der Waals surface area (Å²) in [7, 11) is 0. The van der Waals surface area contributed by atoms with Gasteiger partial charge in [-0.1, -0.05) is 12.2 Å². The van der Waals surface area contributed by atoms with Crippen LogP contribution in [0.25, 0.3) is 0 Å². The first-order valence-electron chi connectivity index (χ1n) is 4.81. The normalized spacial score (nSPS) is 10.3. The highest BCUT2D eigenvalue weighted by Gasteiger charge is 1.89. The van der Waals surface area contributed by atoms with Crippen LogP contribution in [0.4, 0.5) is 0 Å². The lowest BCUT2D eigenvalue weighted by atomic mass is 10.3. The average Bonchev–Trinajstić information content (AvgIpc) is 2.09. The summed E-state index contributed by atoms with van der Waals surface area (Å²) < 4.78 is 5.29. The van der Waals surface area contributed by atoms with Gasteiger partial charge in [0.2, 0.25) is 0 Å². The Bertz CT molecular complexity index is 126. The van der Waals surface area contributed by atoms with Crippen molar-refractivity contribution in [3.8, 4) is 0 Å². The molecule has 0 fully saturated rings. The first-order valence-corrected chi connectivity index (χ1v) is 4.81. The Hall–Kier alpha value is -0.380. The number of hydrogen-bond donors (Lipinski definition) is 2. The van der Waals surface area contributed by atoms with Gasteiger partial charge in [-0.3, -0.25) is 0 Å². The third-order valence-electron chi connectivity index (χ3n) is 1.53. The van der Waals surface area contributed by atoms with Gasteiger partial charge < -0.3 is 15.2 Å². The molecule has 0 unspecified atom stereocenters. The summed E-state index contributed by atoms with van der Waals surface area (Å²) in [6, 6.07) is 0. The highest BCUT2D eigenvalue weighted by molar-refractivity contribution is 4.87. The van der Waals surface area contributed by atoms with Crippen LogP contribution in [-0.2, 0) is 4.74 Å². The average molecular weight is 187 g/mol. The molecule has 78 valence electrons. The largest absolute Gasteiger partial charge is 0.396 e. The molecule has 0 bridgehead atoms. The highest BCUT2D eigenvalue weighted by atomic mass is 16.5. The van der Waals surface area contributed by atoms with Crippen LogP contribution in [0.2, 0.25) is 0 Å². The van der Waals surface area contributed by atoms with E-state index in [0.717, 1.165) is 38.1 Å². The van der Waals surface area contributed by atoms with E-state index in [2.05, 4.69) is 11.9 Å². The van der Waals surface area contributed by atoms with Gasteiger partial charge in [-0.25, -0.2) is 0 Å². The summed E-state index contributed by atoms with van der Waals surface area (Å²) in [6.45, 7) is 9.19. The smallest absolute Gasteiger partial charge is 0.0672 e. The fourth-order valence-corrected chi connectivity index (χ4v) is 0.878. The van der Waals surface area contributed by atoms with Crippen molar-refractivity contribution in [3.63, 3.8) is 0 Å². The van der Waals surface area contributed by atoms with Gasteiger partial charge in [-0.2, -0.15) is 0 Å². The number of hydrogen-bond acceptors (Lipinski definition) is 3. The van der Waals surface area contributed by atoms with Crippen molar-refractivity contribution in [1.29, 1.82) is 0 Å². The van der Waals surface area contributed by atoms with Crippen LogP contribution in [0.3, 0.4) is 0 Å². The molecule has 0 spiro atoms. The van der Waals surface area contributed by atoms with E-state index in [4.69, 9.17) is 9.84 Å². The van der Waals surface area contributed by atoms with Crippen molar-refractivity contribution >= 4 is 0 Å². The number of aliphatic hydroxyl groups excluding tert-OH is 1. The first kappa shape index (κ1) is 12.6. The van der Waals surface area contributed by atoms with Crippen molar-refractivity contribution in [2.75, 3.05) is 32.9 Å². The van der Waals surface area contributed by atoms with Gasteiger partial charge in [0.15, 0.2) is 0 Å². The number of ether oxygens (including phenoxy) is 1. The third kappa shape index (κ3) is 11.6. The van der Waals surface area contributed by atoms with E-state index in [1.165, 1.54) is 0 Å². The topological polar surface area (TPSA) is 41.5 Å². The second-order valence-electron chi connectivity index (χ2n) is 3.19. The molecule has 0 atom stereocenters. The maximum Gasteiger partial charge on any atom is 0.0672 e. The van der Waals surface area contributed by atoms with Crippen LogP contribution < -0.4 is 5.32 Å². The Balaban J connectivity index is 2.87. The lowest BCUT2D eigenvalue weighted by Crippen LogP contribution is -2.21. The van der Waals surface area contributed by atoms with Gasteiger partial charge >= 0.3 is 0 Å². The number of unbranched alkanes of at least 4 members (excludes halogenated alkanes) is 1. The van der Waals surface area contributed by atoms with E-state index in [1.54, 1.807) is 0 Å². The molecule has 0 aliphatic rings. The summed E-state index contributed by atoms with van der Waals surface area (Å²) in [4.78, 5) is 0. The van der Waals surface area contributed by atoms with Gasteiger partial charge in [0.25, 0.3) is 0 Å². The SMILES string of the molecule is C=C(C)COCCNCCCCO. The fourth-order valence-electron chi connectivity index (χ4n) is 0.878. The third-order valence-corrected chi connectivity index (χ3v) is 1.53.